The van der Waals surface area contributed by atoms with Gasteiger partial charge >= 0.3 is 6.09 Å². The van der Waals surface area contributed by atoms with Crippen LogP contribution in [-0.2, 0) is 9.47 Å². The van der Waals surface area contributed by atoms with Crippen molar-refractivity contribution in [3.8, 4) is 0 Å². The smallest absolute Gasteiger partial charge is 0.411 e. The van der Waals surface area contributed by atoms with Gasteiger partial charge in [-0.1, -0.05) is 0 Å². The molecule has 0 aromatic heterocycles. The van der Waals surface area contributed by atoms with Crippen LogP contribution in [0.5, 0.6) is 0 Å². The highest BCUT2D eigenvalue weighted by Gasteiger charge is 2.61. The Morgan fingerprint density at radius 2 is 1.95 bits per heavy atom. The summed E-state index contributed by atoms with van der Waals surface area (Å²) in [5.74, 6) is 0. The van der Waals surface area contributed by atoms with Crippen molar-refractivity contribution in [1.82, 2.24) is 10.2 Å². The standard InChI is InChI=1S/C14H26N2O3/c1-12(2,3)19-11(17)16-13(4)7-10(18-6)14(16,5)9-15-8-13/h10,15H,7-9H2,1-6H3/t10-,13-,14+/m0/s1. The molecular weight excluding hydrogens is 244 g/mol. The van der Waals surface area contributed by atoms with Crippen LogP contribution in [0.1, 0.15) is 41.0 Å². The Bertz CT molecular complexity index is 379. The number of ether oxygens (including phenoxy) is 2. The van der Waals surface area contributed by atoms with Crippen molar-refractivity contribution in [2.75, 3.05) is 20.2 Å². The molecular formula is C14H26N2O3. The third-order valence-electron chi connectivity index (χ3n) is 4.22. The number of piperazine rings is 1. The number of nitrogens with zero attached hydrogens (tertiary/aromatic N) is 1. The predicted molar refractivity (Wildman–Crippen MR) is 73.2 cm³/mol. The number of carbonyl (C=O) groups excluding carboxylic acids is 1. The van der Waals surface area contributed by atoms with Crippen LogP contribution in [0.15, 0.2) is 0 Å². The van der Waals surface area contributed by atoms with Crippen LogP contribution in [0.3, 0.4) is 0 Å². The molecule has 2 aliphatic heterocycles. The molecule has 0 unspecified atom stereocenters. The van der Waals surface area contributed by atoms with E-state index >= 15 is 0 Å². The monoisotopic (exact) mass is 270 g/mol. The topological polar surface area (TPSA) is 50.8 Å². The van der Waals surface area contributed by atoms with E-state index in [-0.39, 0.29) is 23.3 Å². The van der Waals surface area contributed by atoms with Gasteiger partial charge in [0.05, 0.1) is 17.2 Å². The van der Waals surface area contributed by atoms with E-state index in [1.165, 1.54) is 0 Å². The van der Waals surface area contributed by atoms with Crippen molar-refractivity contribution < 1.29 is 14.3 Å². The molecule has 110 valence electrons. The third-order valence-corrected chi connectivity index (χ3v) is 4.22. The molecule has 2 saturated heterocycles. The van der Waals surface area contributed by atoms with Crippen LogP contribution in [0.25, 0.3) is 0 Å². The van der Waals surface area contributed by atoms with Crippen molar-refractivity contribution in [1.29, 1.82) is 0 Å². The van der Waals surface area contributed by atoms with Gasteiger partial charge in [0.15, 0.2) is 0 Å². The summed E-state index contributed by atoms with van der Waals surface area (Å²) in [7, 11) is 1.72. The molecule has 5 nitrogen and oxygen atoms in total. The number of hydrogen-bond donors (Lipinski definition) is 1. The van der Waals surface area contributed by atoms with E-state index in [9.17, 15) is 4.79 Å². The fourth-order valence-corrected chi connectivity index (χ4v) is 3.47. The van der Waals surface area contributed by atoms with Crippen molar-refractivity contribution in [2.45, 2.75) is 63.8 Å². The van der Waals surface area contributed by atoms with Crippen molar-refractivity contribution >= 4 is 6.09 Å². The maximum absolute atomic E-state index is 12.6. The molecule has 1 amide bonds. The average Bonchev–Trinajstić information content (AvgIpc) is 2.35. The van der Waals surface area contributed by atoms with Crippen LogP contribution in [-0.4, -0.2) is 54.0 Å². The lowest BCUT2D eigenvalue weighted by atomic mass is 9.95. The van der Waals surface area contributed by atoms with Gasteiger partial charge in [-0.05, 0) is 34.6 Å². The molecule has 0 spiro atoms. The first-order valence-corrected chi connectivity index (χ1v) is 6.89. The largest absolute Gasteiger partial charge is 0.444 e. The Morgan fingerprint density at radius 1 is 1.32 bits per heavy atom. The Balaban J connectivity index is 2.30. The highest BCUT2D eigenvalue weighted by Crippen LogP contribution is 2.45. The molecule has 2 heterocycles. The van der Waals surface area contributed by atoms with Crippen LogP contribution < -0.4 is 5.32 Å². The molecule has 0 aromatic carbocycles. The zero-order valence-electron chi connectivity index (χ0n) is 12.9. The summed E-state index contributed by atoms with van der Waals surface area (Å²) in [6.45, 7) is 11.4. The molecule has 19 heavy (non-hydrogen) atoms. The van der Waals surface area contributed by atoms with E-state index in [0.717, 1.165) is 19.5 Å². The Hall–Kier alpha value is -0.810. The minimum Gasteiger partial charge on any atom is -0.444 e. The number of amides is 1. The molecule has 3 atom stereocenters. The van der Waals surface area contributed by atoms with E-state index in [1.54, 1.807) is 7.11 Å². The minimum atomic E-state index is -0.476. The fraction of sp³-hybridized carbons (Fsp3) is 0.929. The van der Waals surface area contributed by atoms with Gasteiger partial charge in [-0.25, -0.2) is 4.79 Å². The van der Waals surface area contributed by atoms with E-state index < -0.39 is 5.60 Å². The van der Waals surface area contributed by atoms with Gasteiger partial charge in [0.25, 0.3) is 0 Å². The van der Waals surface area contributed by atoms with Gasteiger partial charge in [-0.3, -0.25) is 4.90 Å². The highest BCUT2D eigenvalue weighted by molar-refractivity contribution is 5.71. The first-order valence-electron chi connectivity index (χ1n) is 6.89. The molecule has 2 bridgehead atoms. The third kappa shape index (κ3) is 2.34. The second kappa shape index (κ2) is 4.35. The maximum Gasteiger partial charge on any atom is 0.411 e. The summed E-state index contributed by atoms with van der Waals surface area (Å²) in [5, 5.41) is 3.41. The van der Waals surface area contributed by atoms with E-state index in [0.29, 0.717) is 0 Å². The molecule has 5 heteroatoms. The number of hydrogen-bond acceptors (Lipinski definition) is 4. The molecule has 2 rings (SSSR count). The Labute approximate surface area is 115 Å². The lowest BCUT2D eigenvalue weighted by Crippen LogP contribution is -2.68. The Kier molecular flexibility index (Phi) is 3.34. The second-order valence-corrected chi connectivity index (χ2v) is 7.20. The predicted octanol–water partition coefficient (Wildman–Crippen LogP) is 1.76. The lowest BCUT2D eigenvalue weighted by Gasteiger charge is -2.48. The second-order valence-electron chi connectivity index (χ2n) is 7.20. The summed E-state index contributed by atoms with van der Waals surface area (Å²) in [4.78, 5) is 14.5. The van der Waals surface area contributed by atoms with Gasteiger partial charge in [0.2, 0.25) is 0 Å². The van der Waals surface area contributed by atoms with Crippen molar-refractivity contribution in [3.63, 3.8) is 0 Å². The summed E-state index contributed by atoms with van der Waals surface area (Å²) < 4.78 is 11.2. The highest BCUT2D eigenvalue weighted by atomic mass is 16.6. The molecule has 0 aromatic rings. The molecule has 0 aliphatic carbocycles. The van der Waals surface area contributed by atoms with Crippen molar-refractivity contribution in [3.05, 3.63) is 0 Å². The maximum atomic E-state index is 12.6. The summed E-state index contributed by atoms with van der Waals surface area (Å²) in [6, 6.07) is 0. The lowest BCUT2D eigenvalue weighted by molar-refractivity contribution is -0.0458. The number of carbonyl (C=O) groups is 1. The van der Waals surface area contributed by atoms with Gasteiger partial charge in [-0.15, -0.1) is 0 Å². The van der Waals surface area contributed by atoms with Crippen LogP contribution in [0.2, 0.25) is 0 Å². The molecule has 1 N–H and O–H groups in total. The molecule has 0 radical (unpaired) electrons. The van der Waals surface area contributed by atoms with Gasteiger partial charge in [0.1, 0.15) is 5.60 Å². The average molecular weight is 270 g/mol. The van der Waals surface area contributed by atoms with E-state index in [1.807, 2.05) is 25.7 Å². The first-order chi connectivity index (χ1) is 8.62. The van der Waals surface area contributed by atoms with Gasteiger partial charge < -0.3 is 14.8 Å². The minimum absolute atomic E-state index is 0.0417. The number of nitrogens with one attached hydrogen (secondary N) is 1. The number of methoxy groups -OCH3 is 1. The molecule has 0 saturated carbocycles. The van der Waals surface area contributed by atoms with Crippen LogP contribution >= 0.6 is 0 Å². The fourth-order valence-electron chi connectivity index (χ4n) is 3.47. The quantitative estimate of drug-likeness (QED) is 0.789. The normalized spacial score (nSPS) is 38.4. The summed E-state index contributed by atoms with van der Waals surface area (Å²) >= 11 is 0. The molecule has 2 aliphatic rings. The SMILES string of the molecule is CO[C@H]1C[C@@]2(C)CNC[C@@]1(C)N2C(=O)OC(C)(C)C. The molecule has 2 fully saturated rings. The van der Waals surface area contributed by atoms with Gasteiger partial charge in [0, 0.05) is 26.6 Å². The zero-order chi connectivity index (χ0) is 14.5. The van der Waals surface area contributed by atoms with Gasteiger partial charge in [-0.2, -0.15) is 0 Å². The summed E-state index contributed by atoms with van der Waals surface area (Å²) in [5.41, 5.74) is -1.06. The van der Waals surface area contributed by atoms with E-state index in [2.05, 4.69) is 19.2 Å². The number of rotatable bonds is 1. The Morgan fingerprint density at radius 3 is 2.47 bits per heavy atom. The summed E-state index contributed by atoms with van der Waals surface area (Å²) in [6.07, 6.45) is 0.644. The van der Waals surface area contributed by atoms with Crippen LogP contribution in [0.4, 0.5) is 4.79 Å². The van der Waals surface area contributed by atoms with E-state index in [4.69, 9.17) is 9.47 Å². The van der Waals surface area contributed by atoms with Crippen molar-refractivity contribution in [2.24, 2.45) is 0 Å². The number of fused-ring (bicyclic) bond motifs is 2. The van der Waals surface area contributed by atoms with Crippen LogP contribution in [0, 0.1) is 0 Å². The first kappa shape index (κ1) is 14.6. The zero-order valence-corrected chi connectivity index (χ0v) is 12.9.